The Morgan fingerprint density at radius 2 is 1.87 bits per heavy atom. The summed E-state index contributed by atoms with van der Waals surface area (Å²) in [6.07, 6.45) is 6.51. The summed E-state index contributed by atoms with van der Waals surface area (Å²) < 4.78 is 5.50. The Labute approximate surface area is 230 Å². The molecule has 0 bridgehead atoms. The summed E-state index contributed by atoms with van der Waals surface area (Å²) in [6, 6.07) is 15.2. The number of aromatic amines is 1. The van der Waals surface area contributed by atoms with Crippen LogP contribution in [-0.4, -0.2) is 64.2 Å². The molecule has 39 heavy (non-hydrogen) atoms. The van der Waals surface area contributed by atoms with Crippen molar-refractivity contribution in [3.8, 4) is 11.1 Å². The highest BCUT2D eigenvalue weighted by molar-refractivity contribution is 7.15. The first-order valence-corrected chi connectivity index (χ1v) is 14.0. The van der Waals surface area contributed by atoms with Crippen LogP contribution in [0.15, 0.2) is 60.9 Å². The van der Waals surface area contributed by atoms with E-state index in [-0.39, 0.29) is 11.8 Å². The molecule has 1 unspecified atom stereocenters. The lowest BCUT2D eigenvalue weighted by Crippen LogP contribution is -2.45. The van der Waals surface area contributed by atoms with Gasteiger partial charge >= 0.3 is 0 Å². The normalized spacial score (nSPS) is 17.4. The largest absolute Gasteiger partial charge is 0.379 e. The van der Waals surface area contributed by atoms with Crippen molar-refractivity contribution in [2.24, 2.45) is 0 Å². The Hall–Kier alpha value is -3.86. The summed E-state index contributed by atoms with van der Waals surface area (Å²) in [7, 11) is 0. The fourth-order valence-electron chi connectivity index (χ4n) is 5.19. The third kappa shape index (κ3) is 5.93. The Morgan fingerprint density at radius 1 is 1.05 bits per heavy atom. The molecule has 1 aliphatic carbocycles. The number of amides is 2. The van der Waals surface area contributed by atoms with Crippen LogP contribution in [-0.2, 0) is 24.1 Å². The van der Waals surface area contributed by atoms with Crippen molar-refractivity contribution in [1.29, 1.82) is 0 Å². The predicted octanol–water partition coefficient (Wildman–Crippen LogP) is 3.91. The van der Waals surface area contributed by atoms with Gasteiger partial charge in [-0.25, -0.2) is 4.98 Å². The molecule has 3 N–H and O–H groups in total. The van der Waals surface area contributed by atoms with Crippen molar-refractivity contribution < 1.29 is 14.3 Å². The van der Waals surface area contributed by atoms with Gasteiger partial charge in [0.15, 0.2) is 5.13 Å². The zero-order chi connectivity index (χ0) is 26.6. The van der Waals surface area contributed by atoms with Crippen LogP contribution in [0, 0.1) is 0 Å². The van der Waals surface area contributed by atoms with Crippen molar-refractivity contribution in [2.45, 2.75) is 31.8 Å². The van der Waals surface area contributed by atoms with E-state index in [2.05, 4.69) is 25.7 Å². The number of nitrogens with zero attached hydrogens (tertiary/aromatic N) is 3. The number of fused-ring (bicyclic) bond motifs is 1. The maximum atomic E-state index is 13.0. The van der Waals surface area contributed by atoms with Gasteiger partial charge in [-0.05, 0) is 54.7 Å². The summed E-state index contributed by atoms with van der Waals surface area (Å²) >= 11 is 1.58. The fraction of sp³-hybridized carbons (Fsp3) is 0.310. The summed E-state index contributed by atoms with van der Waals surface area (Å²) in [5.74, 6) is -0.384. The minimum Gasteiger partial charge on any atom is -0.379 e. The van der Waals surface area contributed by atoms with Crippen LogP contribution >= 0.6 is 11.3 Å². The van der Waals surface area contributed by atoms with Crippen LogP contribution in [0.1, 0.15) is 43.3 Å². The molecular weight excluding hydrogens is 512 g/mol. The first-order valence-electron chi connectivity index (χ1n) is 13.2. The number of ether oxygens (including phenoxy) is 1. The molecule has 9 nitrogen and oxygen atoms in total. The SMILES string of the molecule is O=C(NCc1cccc(C(=O)Nc2nc3c(s2)CC(N2CCOCC2)CC3)c1)c1cccc(-c2cn[nH]c2)c1. The number of hydrogen-bond acceptors (Lipinski definition) is 7. The van der Waals surface area contributed by atoms with Gasteiger partial charge in [-0.15, -0.1) is 11.3 Å². The van der Waals surface area contributed by atoms with Gasteiger partial charge in [-0.3, -0.25) is 24.9 Å². The van der Waals surface area contributed by atoms with Crippen LogP contribution in [0.5, 0.6) is 0 Å². The molecule has 1 atom stereocenters. The second kappa shape index (κ2) is 11.5. The number of anilines is 1. The van der Waals surface area contributed by atoms with Crippen LogP contribution < -0.4 is 10.6 Å². The molecule has 4 aromatic rings. The summed E-state index contributed by atoms with van der Waals surface area (Å²) in [4.78, 5) is 34.3. The lowest BCUT2D eigenvalue weighted by atomic mass is 9.96. The van der Waals surface area contributed by atoms with Gasteiger partial charge < -0.3 is 10.1 Å². The number of nitrogens with one attached hydrogen (secondary N) is 3. The Bertz CT molecular complexity index is 1460. The molecule has 6 rings (SSSR count). The van der Waals surface area contributed by atoms with Gasteiger partial charge in [0.25, 0.3) is 11.8 Å². The van der Waals surface area contributed by atoms with E-state index in [1.165, 1.54) is 4.88 Å². The van der Waals surface area contributed by atoms with Crippen molar-refractivity contribution in [2.75, 3.05) is 31.6 Å². The number of morpholine rings is 1. The van der Waals surface area contributed by atoms with Gasteiger partial charge in [-0.1, -0.05) is 24.3 Å². The van der Waals surface area contributed by atoms with E-state index in [0.717, 1.165) is 68.0 Å². The van der Waals surface area contributed by atoms with Gasteiger partial charge in [0.1, 0.15) is 0 Å². The lowest BCUT2D eigenvalue weighted by molar-refractivity contribution is 0.0139. The second-order valence-corrected chi connectivity index (χ2v) is 10.9. The maximum absolute atomic E-state index is 13.0. The van der Waals surface area contributed by atoms with E-state index >= 15 is 0 Å². The predicted molar refractivity (Wildman–Crippen MR) is 150 cm³/mol. The Morgan fingerprint density at radius 3 is 2.69 bits per heavy atom. The first kappa shape index (κ1) is 25.4. The zero-order valence-electron chi connectivity index (χ0n) is 21.5. The second-order valence-electron chi connectivity index (χ2n) is 9.84. The molecule has 2 amide bonds. The average Bonchev–Trinajstić information content (AvgIpc) is 3.66. The highest BCUT2D eigenvalue weighted by atomic mass is 32.1. The van der Waals surface area contributed by atoms with Crippen LogP contribution in [0.2, 0.25) is 0 Å². The van der Waals surface area contributed by atoms with E-state index in [9.17, 15) is 9.59 Å². The van der Waals surface area contributed by atoms with E-state index in [4.69, 9.17) is 9.72 Å². The summed E-state index contributed by atoms with van der Waals surface area (Å²) in [5.41, 5.74) is 4.87. The molecule has 3 heterocycles. The number of thiazole rings is 1. The third-order valence-corrected chi connectivity index (χ3v) is 8.33. The smallest absolute Gasteiger partial charge is 0.257 e. The number of benzene rings is 2. The maximum Gasteiger partial charge on any atom is 0.257 e. The van der Waals surface area contributed by atoms with Crippen molar-refractivity contribution in [3.63, 3.8) is 0 Å². The zero-order valence-corrected chi connectivity index (χ0v) is 22.3. The highest BCUT2D eigenvalue weighted by Gasteiger charge is 2.28. The average molecular weight is 543 g/mol. The van der Waals surface area contributed by atoms with E-state index in [1.807, 2.05) is 30.3 Å². The Balaban J connectivity index is 1.06. The summed E-state index contributed by atoms with van der Waals surface area (Å²) in [6.45, 7) is 3.88. The molecular formula is C29H30N6O3S. The molecule has 2 aromatic carbocycles. The molecule has 1 saturated heterocycles. The number of aryl methyl sites for hydroxylation is 1. The Kier molecular flexibility index (Phi) is 7.49. The number of H-pyrrole nitrogens is 1. The van der Waals surface area contributed by atoms with Gasteiger partial charge in [-0.2, -0.15) is 5.10 Å². The standard InChI is InChI=1S/C29H30N6O3S/c36-27(22-6-2-4-20(14-22)23-17-31-32-18-23)30-16-19-3-1-5-21(13-19)28(37)34-29-33-25-8-7-24(15-26(25)39-29)35-9-11-38-12-10-35/h1-6,13-14,17-18,24H,7-12,15-16H2,(H,30,36)(H,31,32)(H,33,34,37). The first-order chi connectivity index (χ1) is 19.1. The molecule has 0 saturated carbocycles. The lowest BCUT2D eigenvalue weighted by Gasteiger charge is -2.36. The van der Waals surface area contributed by atoms with Crippen molar-refractivity contribution >= 4 is 28.3 Å². The van der Waals surface area contributed by atoms with Crippen LogP contribution in [0.3, 0.4) is 0 Å². The van der Waals surface area contributed by atoms with E-state index < -0.39 is 0 Å². The molecule has 1 fully saturated rings. The topological polar surface area (TPSA) is 112 Å². The van der Waals surface area contributed by atoms with Gasteiger partial charge in [0.05, 0.1) is 25.1 Å². The van der Waals surface area contributed by atoms with Crippen LogP contribution in [0.4, 0.5) is 5.13 Å². The minimum absolute atomic E-state index is 0.182. The molecule has 0 radical (unpaired) electrons. The highest BCUT2D eigenvalue weighted by Crippen LogP contribution is 2.32. The molecule has 2 aliphatic rings. The molecule has 10 heteroatoms. The molecule has 0 spiro atoms. The van der Waals surface area contributed by atoms with E-state index in [0.29, 0.717) is 28.8 Å². The van der Waals surface area contributed by atoms with Crippen LogP contribution in [0.25, 0.3) is 11.1 Å². The van der Waals surface area contributed by atoms with Crippen molar-refractivity contribution in [3.05, 3.63) is 88.2 Å². The molecule has 1 aliphatic heterocycles. The van der Waals surface area contributed by atoms with E-state index in [1.54, 1.807) is 41.9 Å². The van der Waals surface area contributed by atoms with Gasteiger partial charge in [0.2, 0.25) is 0 Å². The number of hydrogen-bond donors (Lipinski definition) is 3. The molecule has 200 valence electrons. The number of rotatable bonds is 7. The monoisotopic (exact) mass is 542 g/mol. The summed E-state index contributed by atoms with van der Waals surface area (Å²) in [5, 5.41) is 13.3. The fourth-order valence-corrected chi connectivity index (χ4v) is 6.26. The molecule has 2 aromatic heterocycles. The van der Waals surface area contributed by atoms with Gasteiger partial charge in [0, 0.05) is 53.4 Å². The number of aromatic nitrogens is 3. The number of carbonyl (C=O) groups is 2. The van der Waals surface area contributed by atoms with Crippen molar-refractivity contribution in [1.82, 2.24) is 25.4 Å². The quantitative estimate of drug-likeness (QED) is 0.327. The third-order valence-electron chi connectivity index (χ3n) is 7.29. The minimum atomic E-state index is -0.202. The number of carbonyl (C=O) groups excluding carboxylic acids is 2.